The highest BCUT2D eigenvalue weighted by molar-refractivity contribution is 5.84. The predicted molar refractivity (Wildman–Crippen MR) is 477 cm³/mol. The molecule has 0 saturated carbocycles. The van der Waals surface area contributed by atoms with Crippen molar-refractivity contribution in [2.75, 3.05) is 0 Å². The van der Waals surface area contributed by atoms with Crippen molar-refractivity contribution in [2.24, 2.45) is 0 Å². The Balaban J connectivity index is 0.000000323. The van der Waals surface area contributed by atoms with Gasteiger partial charge in [-0.25, -0.2) is 29.9 Å². The number of benzene rings is 2. The van der Waals surface area contributed by atoms with Gasteiger partial charge in [-0.05, 0) is 133 Å². The lowest BCUT2D eigenvalue weighted by atomic mass is 9.87. The third-order valence-electron chi connectivity index (χ3n) is 17.2. The van der Waals surface area contributed by atoms with Crippen LogP contribution in [0.1, 0.15) is 291 Å². The summed E-state index contributed by atoms with van der Waals surface area (Å²) in [6, 6.07) is 41.0. The number of H-pyrrole nitrogens is 5. The van der Waals surface area contributed by atoms with Crippen LogP contribution in [0.15, 0.2) is 227 Å². The summed E-state index contributed by atoms with van der Waals surface area (Å²) in [6.07, 6.45) is 30.8. The van der Waals surface area contributed by atoms with E-state index in [9.17, 15) is 0 Å². The molecule has 11 aromatic heterocycles. The summed E-state index contributed by atoms with van der Waals surface area (Å²) in [5.74, 6) is 0.898. The minimum absolute atomic E-state index is 0.0707. The smallest absolute Gasteiger partial charge is 0.133 e. The molecule has 0 fully saturated rings. The molecule has 0 amide bonds. The highest BCUT2D eigenvalue weighted by atomic mass is 15.1. The van der Waals surface area contributed by atoms with E-state index in [1.807, 2.05) is 92.0 Å². The fraction of sp³-hybridized carbons (Fsp3) is 0.458. The first-order valence-corrected chi connectivity index (χ1v) is 39.3. The van der Waals surface area contributed by atoms with Gasteiger partial charge in [-0.3, -0.25) is 30.2 Å². The summed E-state index contributed by atoms with van der Waals surface area (Å²) in [7, 11) is 0. The maximum atomic E-state index is 4.25. The van der Waals surface area contributed by atoms with Gasteiger partial charge in [0, 0.05) is 164 Å². The molecule has 0 aliphatic heterocycles. The van der Waals surface area contributed by atoms with Crippen LogP contribution in [0.2, 0.25) is 0 Å². The van der Waals surface area contributed by atoms with Crippen molar-refractivity contribution in [2.45, 2.75) is 288 Å². The number of rotatable bonds is 0. The molecule has 0 bridgehead atoms. The average molecular weight is 1530 g/mol. The summed E-state index contributed by atoms with van der Waals surface area (Å²) in [5, 5.41) is 22.9. The molecule has 0 aliphatic rings. The maximum absolute atomic E-state index is 4.25. The highest BCUT2D eigenvalue weighted by Gasteiger charge is 2.22. The van der Waals surface area contributed by atoms with Crippen LogP contribution in [-0.2, 0) is 59.6 Å². The predicted octanol–water partition coefficient (Wildman–Crippen LogP) is 24.5. The van der Waals surface area contributed by atoms with Crippen LogP contribution < -0.4 is 0 Å². The van der Waals surface area contributed by atoms with Gasteiger partial charge in [0.1, 0.15) is 18.5 Å². The van der Waals surface area contributed by atoms with Crippen LogP contribution in [0.5, 0.6) is 0 Å². The summed E-state index contributed by atoms with van der Waals surface area (Å²) in [6.45, 7) is 71.6. The number of aromatic amines is 5. The van der Waals surface area contributed by atoms with Crippen LogP contribution in [0.4, 0.5) is 0 Å². The fourth-order valence-corrected chi connectivity index (χ4v) is 9.75. The van der Waals surface area contributed by atoms with Gasteiger partial charge in [0.2, 0.25) is 0 Å². The number of nitrogens with zero attached hydrogens (tertiary/aromatic N) is 12. The van der Waals surface area contributed by atoms with E-state index >= 15 is 0 Å². The first kappa shape index (κ1) is 97.0. The van der Waals surface area contributed by atoms with Gasteiger partial charge < -0.3 is 9.97 Å². The van der Waals surface area contributed by atoms with Crippen LogP contribution in [0.25, 0.3) is 21.8 Å². The molecule has 0 aliphatic carbocycles. The number of hydrogen-bond donors (Lipinski definition) is 5. The zero-order valence-electron chi connectivity index (χ0n) is 75.2. The molecule has 17 heteroatoms. The highest BCUT2D eigenvalue weighted by Crippen LogP contribution is 2.31. The fourth-order valence-electron chi connectivity index (χ4n) is 9.75. The lowest BCUT2D eigenvalue weighted by Gasteiger charge is -2.17. The summed E-state index contributed by atoms with van der Waals surface area (Å²) in [4.78, 5) is 43.1. The summed E-state index contributed by atoms with van der Waals surface area (Å²) < 4.78 is 0. The lowest BCUT2D eigenvalue weighted by Crippen LogP contribution is -2.14. The van der Waals surface area contributed by atoms with Crippen molar-refractivity contribution in [1.82, 2.24) is 85.4 Å². The Morgan fingerprint density at radius 1 is 0.265 bits per heavy atom. The first-order chi connectivity index (χ1) is 52.1. The Bertz CT molecular complexity index is 4040. The van der Waals surface area contributed by atoms with E-state index in [4.69, 9.17) is 0 Å². The molecule has 0 atom stereocenters. The Morgan fingerprint density at radius 3 is 1.08 bits per heavy atom. The summed E-state index contributed by atoms with van der Waals surface area (Å²) >= 11 is 0. The van der Waals surface area contributed by atoms with Crippen molar-refractivity contribution in [1.29, 1.82) is 0 Å². The second-order valence-corrected chi connectivity index (χ2v) is 39.2. The van der Waals surface area contributed by atoms with Crippen molar-refractivity contribution in [3.05, 3.63) is 289 Å². The molecule has 13 aromatic rings. The van der Waals surface area contributed by atoms with Crippen LogP contribution in [0.3, 0.4) is 0 Å². The minimum atomic E-state index is 0.0707. The van der Waals surface area contributed by atoms with Gasteiger partial charge in [0.15, 0.2) is 0 Å². The van der Waals surface area contributed by atoms with E-state index in [-0.39, 0.29) is 59.6 Å². The monoisotopic (exact) mass is 1530 g/mol. The Morgan fingerprint density at radius 2 is 0.743 bits per heavy atom. The third-order valence-corrected chi connectivity index (χ3v) is 17.2. The van der Waals surface area contributed by atoms with Gasteiger partial charge >= 0.3 is 0 Å². The van der Waals surface area contributed by atoms with E-state index in [2.05, 4.69) is 399 Å². The topological polar surface area (TPSA) is 234 Å². The van der Waals surface area contributed by atoms with E-state index in [0.29, 0.717) is 0 Å². The molecule has 610 valence electrons. The van der Waals surface area contributed by atoms with Crippen LogP contribution in [0, 0.1) is 0 Å². The first-order valence-electron chi connectivity index (χ1n) is 39.3. The van der Waals surface area contributed by atoms with Gasteiger partial charge in [-0.2, -0.15) is 15.3 Å². The average Bonchev–Trinajstić information content (AvgIpc) is 1.66. The number of para-hydroxylation sites is 2. The Hall–Kier alpha value is -10.2. The molecule has 5 N–H and O–H groups in total. The zero-order chi connectivity index (χ0) is 85.3. The van der Waals surface area contributed by atoms with Crippen LogP contribution in [-0.4, -0.2) is 85.4 Å². The number of pyridine rings is 3. The van der Waals surface area contributed by atoms with Crippen molar-refractivity contribution >= 4 is 21.8 Å². The number of nitrogens with one attached hydrogen (secondary N) is 5. The molecule has 0 radical (unpaired) electrons. The standard InChI is InChI=1S/2C12H15N.3C9H13N.3C8H12N2.3C7H12N2/c1-12(2,3)10-8-13-11-7-5-4-6-9(10)11;1-12(2,3)11-8-9-6-4-5-7-10(9)13-11;1-9(2,3)8-4-6-10-7-5-8;1-9(2,3)8-5-4-6-10-7-8;1-9(2,3)8-6-4-5-7-10-8;1-8(2,3)7-4-9-6-10-5-7;1-8(2,3)7-4-5-9-6-10-7;1-8(2,3)7-9-5-4-6-10-7;1-7(2,3)6-4-8-9-5-6;2*1-7(2,3)6-4-5-8-9-6/h2*4-8,13H,1-3H3;3*4-7H,1-3H3;3*4-6H,1-3H3;3*4-5H,1-3H3,(H,8,9). The lowest BCUT2D eigenvalue weighted by molar-refractivity contribution is 0.545. The zero-order valence-corrected chi connectivity index (χ0v) is 75.2. The van der Waals surface area contributed by atoms with E-state index in [1.165, 1.54) is 66.7 Å². The van der Waals surface area contributed by atoms with Gasteiger partial charge in [0.25, 0.3) is 0 Å². The molecule has 13 rings (SSSR count). The molecular weight excluding hydrogens is 1390 g/mol. The molecule has 113 heavy (non-hydrogen) atoms. The van der Waals surface area contributed by atoms with Gasteiger partial charge in [-0.15, -0.1) is 0 Å². The van der Waals surface area contributed by atoms with Crippen LogP contribution >= 0.6 is 0 Å². The van der Waals surface area contributed by atoms with E-state index in [0.717, 1.165) is 17.2 Å². The van der Waals surface area contributed by atoms with Crippen molar-refractivity contribution in [3.63, 3.8) is 0 Å². The largest absolute Gasteiger partial charge is 0.361 e. The van der Waals surface area contributed by atoms with Crippen molar-refractivity contribution < 1.29 is 0 Å². The van der Waals surface area contributed by atoms with E-state index < -0.39 is 0 Å². The third kappa shape index (κ3) is 37.8. The quantitative estimate of drug-likeness (QED) is 0.0954. The summed E-state index contributed by atoms with van der Waals surface area (Å²) in [5.41, 5.74) is 16.9. The second-order valence-electron chi connectivity index (χ2n) is 39.2. The Labute approximate surface area is 680 Å². The number of hydrogen-bond acceptors (Lipinski definition) is 12. The molecule has 17 nitrogen and oxygen atoms in total. The second kappa shape index (κ2) is 43.2. The Kier molecular flexibility index (Phi) is 37.1. The van der Waals surface area contributed by atoms with E-state index in [1.54, 1.807) is 49.8 Å². The number of fused-ring (bicyclic) bond motifs is 2. The van der Waals surface area contributed by atoms with Crippen molar-refractivity contribution in [3.8, 4) is 0 Å². The SMILES string of the molecule is CC(C)(C)c1c[nH]c2ccccc12.CC(C)(C)c1cc2ccccc2[nH]1.CC(C)(C)c1ccccn1.CC(C)(C)c1cccnc1.CC(C)(C)c1ccn[nH]1.CC(C)(C)c1ccn[nH]1.CC(C)(C)c1ccncc1.CC(C)(C)c1ccncn1.CC(C)(C)c1cn[nH]c1.CC(C)(C)c1cncnc1.CC(C)(C)c1ncccn1. The molecule has 11 heterocycles. The minimum Gasteiger partial charge on any atom is -0.361 e. The van der Waals surface area contributed by atoms with Gasteiger partial charge in [-0.1, -0.05) is 277 Å². The van der Waals surface area contributed by atoms with Gasteiger partial charge in [0.05, 0.1) is 6.20 Å². The normalized spacial score (nSPS) is 11.8. The maximum Gasteiger partial charge on any atom is 0.133 e. The molecule has 0 unspecified atom stereocenters. The molecule has 2 aromatic carbocycles. The molecule has 0 spiro atoms. The number of aromatic nitrogens is 17. The molecular formula is C96H141N17. The molecule has 0 saturated heterocycles.